The second kappa shape index (κ2) is 6.04. The summed E-state index contributed by atoms with van der Waals surface area (Å²) in [4.78, 5) is 28.3. The Morgan fingerprint density at radius 1 is 1.16 bits per heavy atom. The van der Waals surface area contributed by atoms with E-state index in [4.69, 9.17) is 0 Å². The van der Waals surface area contributed by atoms with E-state index in [-0.39, 0.29) is 35.4 Å². The third-order valence-electron chi connectivity index (χ3n) is 5.10. The first-order valence-corrected chi connectivity index (χ1v) is 10.6. The summed E-state index contributed by atoms with van der Waals surface area (Å²) in [6.45, 7) is 0.512. The number of piperidine rings is 1. The van der Waals surface area contributed by atoms with E-state index < -0.39 is 34.3 Å². The topological polar surface area (TPSA) is 107 Å². The highest BCUT2D eigenvalue weighted by Gasteiger charge is 2.51. The number of thiophene rings is 1. The van der Waals surface area contributed by atoms with Crippen LogP contribution in [0.1, 0.15) is 19.3 Å². The molecular formula is C15H19N3O5S2. The summed E-state index contributed by atoms with van der Waals surface area (Å²) in [5, 5.41) is 11.5. The lowest BCUT2D eigenvalue weighted by Gasteiger charge is -2.46. The number of sulfonamides is 1. The van der Waals surface area contributed by atoms with Crippen molar-refractivity contribution in [1.29, 1.82) is 0 Å². The Hall–Kier alpha value is -1.49. The number of aliphatic hydroxyl groups is 1. The van der Waals surface area contributed by atoms with E-state index in [0.29, 0.717) is 13.0 Å². The second-order valence-corrected chi connectivity index (χ2v) is 9.61. The Morgan fingerprint density at radius 2 is 1.88 bits per heavy atom. The molecule has 0 radical (unpaired) electrons. The number of hydrogen-bond donors (Lipinski definition) is 2. The minimum Gasteiger partial charge on any atom is -0.391 e. The van der Waals surface area contributed by atoms with Crippen LogP contribution in [-0.4, -0.2) is 72.5 Å². The lowest BCUT2D eigenvalue weighted by molar-refractivity contribution is -0.161. The molecule has 4 atom stereocenters. The number of rotatable bonds is 3. The second-order valence-electron chi connectivity index (χ2n) is 6.72. The zero-order valence-corrected chi connectivity index (χ0v) is 15.0. The minimum absolute atomic E-state index is 0.138. The first-order valence-electron chi connectivity index (χ1n) is 8.21. The van der Waals surface area contributed by atoms with Gasteiger partial charge >= 0.3 is 0 Å². The molecule has 3 saturated heterocycles. The van der Waals surface area contributed by atoms with Crippen LogP contribution in [0, 0.1) is 0 Å². The summed E-state index contributed by atoms with van der Waals surface area (Å²) in [5.41, 5.74) is 0. The van der Waals surface area contributed by atoms with Gasteiger partial charge in [-0.1, -0.05) is 6.07 Å². The van der Waals surface area contributed by atoms with Crippen LogP contribution < -0.4 is 4.72 Å². The number of piperazine rings is 1. The van der Waals surface area contributed by atoms with Crippen LogP contribution in [0.5, 0.6) is 0 Å². The number of nitrogens with zero attached hydrogens (tertiary/aromatic N) is 2. The molecular weight excluding hydrogens is 366 g/mol. The van der Waals surface area contributed by atoms with Crippen molar-refractivity contribution in [2.24, 2.45) is 0 Å². The fourth-order valence-corrected chi connectivity index (χ4v) is 6.23. The third-order valence-corrected chi connectivity index (χ3v) is 8.02. The van der Waals surface area contributed by atoms with Gasteiger partial charge in [-0.25, -0.2) is 13.1 Å². The van der Waals surface area contributed by atoms with Crippen LogP contribution in [-0.2, 0) is 19.6 Å². The Kier molecular flexibility index (Phi) is 4.10. The summed E-state index contributed by atoms with van der Waals surface area (Å²) < 4.78 is 27.7. The van der Waals surface area contributed by atoms with Crippen molar-refractivity contribution < 1.29 is 23.1 Å². The Bertz CT molecular complexity index is 794. The number of aliphatic hydroxyl groups excluding tert-OH is 1. The van der Waals surface area contributed by atoms with Crippen molar-refractivity contribution in [2.45, 2.75) is 47.7 Å². The molecule has 0 saturated carbocycles. The zero-order chi connectivity index (χ0) is 17.8. The molecule has 1 aromatic rings. The molecule has 0 bridgehead atoms. The quantitative estimate of drug-likeness (QED) is 0.720. The van der Waals surface area contributed by atoms with Gasteiger partial charge in [0.05, 0.1) is 6.10 Å². The molecule has 10 heteroatoms. The molecule has 0 spiro atoms. The minimum atomic E-state index is -3.61. The lowest BCUT2D eigenvalue weighted by atomic mass is 9.93. The molecule has 136 valence electrons. The molecule has 2 amide bonds. The van der Waals surface area contributed by atoms with Gasteiger partial charge in [0.15, 0.2) is 0 Å². The molecule has 4 heterocycles. The van der Waals surface area contributed by atoms with E-state index >= 15 is 0 Å². The lowest BCUT2D eigenvalue weighted by Crippen LogP contribution is -2.66. The third kappa shape index (κ3) is 2.86. The van der Waals surface area contributed by atoms with E-state index in [1.54, 1.807) is 16.3 Å². The van der Waals surface area contributed by atoms with Crippen LogP contribution >= 0.6 is 11.3 Å². The first kappa shape index (κ1) is 17.0. The summed E-state index contributed by atoms with van der Waals surface area (Å²) in [5.74, 6) is -0.332. The fraction of sp³-hybridized carbons (Fsp3) is 0.600. The van der Waals surface area contributed by atoms with E-state index in [0.717, 1.165) is 11.3 Å². The highest BCUT2D eigenvalue weighted by Crippen LogP contribution is 2.32. The van der Waals surface area contributed by atoms with Crippen molar-refractivity contribution in [3.8, 4) is 0 Å². The van der Waals surface area contributed by atoms with Gasteiger partial charge in [-0.3, -0.25) is 9.59 Å². The van der Waals surface area contributed by atoms with E-state index in [1.165, 1.54) is 11.0 Å². The van der Waals surface area contributed by atoms with Crippen molar-refractivity contribution in [1.82, 2.24) is 14.5 Å². The Labute approximate surface area is 149 Å². The standard InChI is InChI=1S/C15H19N3O5S2/c19-10-7-12-14(20)17-4-3-9(6-11(17)15(21)18(12)8-10)16-25(22,23)13-2-1-5-24-13/h1-2,5,9-12,16,19H,3-4,6-8H2/t9-,10+,11-,12-/m0/s1. The largest absolute Gasteiger partial charge is 0.391 e. The molecule has 0 aromatic carbocycles. The van der Waals surface area contributed by atoms with Gasteiger partial charge in [0.25, 0.3) is 0 Å². The molecule has 4 rings (SSSR count). The van der Waals surface area contributed by atoms with E-state index in [2.05, 4.69) is 4.72 Å². The van der Waals surface area contributed by atoms with Crippen molar-refractivity contribution in [2.75, 3.05) is 13.1 Å². The number of carbonyl (C=O) groups excluding carboxylic acids is 2. The predicted molar refractivity (Wildman–Crippen MR) is 89.3 cm³/mol. The van der Waals surface area contributed by atoms with E-state index in [9.17, 15) is 23.1 Å². The van der Waals surface area contributed by atoms with Crippen LogP contribution in [0.2, 0.25) is 0 Å². The van der Waals surface area contributed by atoms with Crippen molar-refractivity contribution >= 4 is 33.2 Å². The molecule has 3 fully saturated rings. The number of nitrogens with one attached hydrogen (secondary N) is 1. The van der Waals surface area contributed by atoms with Gasteiger partial charge in [-0.05, 0) is 24.3 Å². The maximum Gasteiger partial charge on any atom is 0.250 e. The monoisotopic (exact) mass is 385 g/mol. The molecule has 0 aliphatic carbocycles. The molecule has 3 aliphatic rings. The van der Waals surface area contributed by atoms with Gasteiger partial charge in [-0.15, -0.1) is 11.3 Å². The van der Waals surface area contributed by atoms with Crippen LogP contribution in [0.15, 0.2) is 21.7 Å². The maximum atomic E-state index is 12.7. The summed E-state index contributed by atoms with van der Waals surface area (Å²) in [6.07, 6.45) is 0.332. The van der Waals surface area contributed by atoms with Gasteiger partial charge in [0.1, 0.15) is 16.3 Å². The molecule has 2 N–H and O–H groups in total. The summed E-state index contributed by atoms with van der Waals surface area (Å²) in [7, 11) is -3.61. The van der Waals surface area contributed by atoms with Crippen LogP contribution in [0.25, 0.3) is 0 Å². The maximum absolute atomic E-state index is 12.7. The Balaban J connectivity index is 1.51. The zero-order valence-electron chi connectivity index (χ0n) is 13.4. The molecule has 1 aromatic heterocycles. The smallest absolute Gasteiger partial charge is 0.250 e. The van der Waals surface area contributed by atoms with Gasteiger partial charge in [-0.2, -0.15) is 0 Å². The molecule has 3 aliphatic heterocycles. The number of fused-ring (bicyclic) bond motifs is 2. The fourth-order valence-electron chi connectivity index (χ4n) is 3.94. The summed E-state index contributed by atoms with van der Waals surface area (Å²) >= 11 is 1.14. The van der Waals surface area contributed by atoms with E-state index in [1.807, 2.05) is 0 Å². The predicted octanol–water partition coefficient (Wildman–Crippen LogP) is -0.639. The molecule has 25 heavy (non-hydrogen) atoms. The SMILES string of the molecule is O=C1[C@@H]2C[C@@H](O)CN2C(=O)[C@@H]2C[C@@H](NS(=O)(=O)c3cccs3)CCN12. The average Bonchev–Trinajstić information content (AvgIpc) is 3.22. The van der Waals surface area contributed by atoms with Gasteiger partial charge in [0.2, 0.25) is 21.8 Å². The molecule has 8 nitrogen and oxygen atoms in total. The highest BCUT2D eigenvalue weighted by molar-refractivity contribution is 7.91. The number of amides is 2. The Morgan fingerprint density at radius 3 is 2.60 bits per heavy atom. The van der Waals surface area contributed by atoms with Crippen molar-refractivity contribution in [3.63, 3.8) is 0 Å². The number of hydrogen-bond acceptors (Lipinski definition) is 6. The number of carbonyl (C=O) groups is 2. The van der Waals surface area contributed by atoms with Crippen molar-refractivity contribution in [3.05, 3.63) is 17.5 Å². The van der Waals surface area contributed by atoms with Crippen LogP contribution in [0.3, 0.4) is 0 Å². The first-order chi connectivity index (χ1) is 11.9. The molecule has 0 unspecified atom stereocenters. The highest BCUT2D eigenvalue weighted by atomic mass is 32.2. The van der Waals surface area contributed by atoms with Gasteiger partial charge in [0, 0.05) is 25.6 Å². The summed E-state index contributed by atoms with van der Waals surface area (Å²) in [6, 6.07) is 1.59. The van der Waals surface area contributed by atoms with Gasteiger partial charge < -0.3 is 14.9 Å². The van der Waals surface area contributed by atoms with Crippen LogP contribution in [0.4, 0.5) is 0 Å². The normalized spacial score (nSPS) is 32.7. The average molecular weight is 385 g/mol.